The molecule has 0 amide bonds. The van der Waals surface area contributed by atoms with Gasteiger partial charge in [-0.2, -0.15) is 0 Å². The van der Waals surface area contributed by atoms with E-state index in [2.05, 4.69) is 16.9 Å². The summed E-state index contributed by atoms with van der Waals surface area (Å²) in [4.78, 5) is 0. The van der Waals surface area contributed by atoms with Crippen molar-refractivity contribution in [2.75, 3.05) is 12.5 Å². The van der Waals surface area contributed by atoms with Gasteiger partial charge >= 0.3 is 0 Å². The van der Waals surface area contributed by atoms with Crippen LogP contribution in [0.1, 0.15) is 11.1 Å². The number of methoxy groups -OCH3 is 1. The Morgan fingerprint density at radius 2 is 1.77 bits per heavy atom. The molecule has 3 aromatic carbocycles. The molecule has 0 aliphatic rings. The topological polar surface area (TPSA) is 42.5 Å². The zero-order valence-electron chi connectivity index (χ0n) is 14.5. The van der Waals surface area contributed by atoms with Crippen LogP contribution in [-0.2, 0) is 13.2 Å². The van der Waals surface area contributed by atoms with E-state index in [9.17, 15) is 0 Å². The second-order valence-corrected chi connectivity index (χ2v) is 6.17. The van der Waals surface area contributed by atoms with Crippen molar-refractivity contribution in [3.8, 4) is 11.5 Å². The summed E-state index contributed by atoms with van der Waals surface area (Å²) < 4.78 is 11.3. The first-order chi connectivity index (χ1) is 12.7. The average Bonchev–Trinajstić information content (AvgIpc) is 2.67. The first kappa shape index (κ1) is 18.1. The number of anilines is 1. The molecule has 0 saturated heterocycles. The monoisotopic (exact) mass is 368 g/mol. The Kier molecular flexibility index (Phi) is 6.36. The molecule has 4 nitrogen and oxygen atoms in total. The molecule has 26 heavy (non-hydrogen) atoms. The maximum absolute atomic E-state index is 6.00. The molecule has 0 spiro atoms. The van der Waals surface area contributed by atoms with Gasteiger partial charge in [-0.3, -0.25) is 0 Å². The second-order valence-electron chi connectivity index (χ2n) is 5.74. The van der Waals surface area contributed by atoms with Crippen LogP contribution in [-0.4, -0.2) is 7.11 Å². The van der Waals surface area contributed by atoms with Gasteiger partial charge in [-0.05, 0) is 48.0 Å². The van der Waals surface area contributed by atoms with E-state index in [0.717, 1.165) is 28.3 Å². The van der Waals surface area contributed by atoms with E-state index in [4.69, 9.17) is 21.1 Å². The molecule has 0 heterocycles. The van der Waals surface area contributed by atoms with Crippen LogP contribution in [0.15, 0.2) is 72.8 Å². The molecule has 2 N–H and O–H groups in total. The lowest BCUT2D eigenvalue weighted by molar-refractivity contribution is 0.296. The minimum atomic E-state index is 0.406. The number of hydrazine groups is 1. The fourth-order valence-corrected chi connectivity index (χ4v) is 2.72. The van der Waals surface area contributed by atoms with Gasteiger partial charge in [0.15, 0.2) is 0 Å². The third-order valence-corrected chi connectivity index (χ3v) is 4.07. The molecule has 0 saturated carbocycles. The van der Waals surface area contributed by atoms with Crippen LogP contribution in [0.3, 0.4) is 0 Å². The number of hydrogen-bond acceptors (Lipinski definition) is 4. The summed E-state index contributed by atoms with van der Waals surface area (Å²) in [5.41, 5.74) is 9.51. The Morgan fingerprint density at radius 1 is 0.923 bits per heavy atom. The summed E-state index contributed by atoms with van der Waals surface area (Å²) in [6.07, 6.45) is 0. The minimum Gasteiger partial charge on any atom is -0.496 e. The first-order valence-electron chi connectivity index (χ1n) is 8.32. The van der Waals surface area contributed by atoms with Gasteiger partial charge in [0.05, 0.1) is 7.11 Å². The summed E-state index contributed by atoms with van der Waals surface area (Å²) in [5, 5.41) is 0.652. The number of halogens is 1. The molecular weight excluding hydrogens is 348 g/mol. The molecule has 5 heteroatoms. The normalized spacial score (nSPS) is 10.4. The van der Waals surface area contributed by atoms with Gasteiger partial charge in [0, 0.05) is 22.8 Å². The van der Waals surface area contributed by atoms with Crippen LogP contribution >= 0.6 is 11.6 Å². The van der Waals surface area contributed by atoms with Gasteiger partial charge in [-0.25, -0.2) is 5.43 Å². The van der Waals surface area contributed by atoms with Gasteiger partial charge in [0.1, 0.15) is 18.1 Å². The van der Waals surface area contributed by atoms with Crippen molar-refractivity contribution in [3.63, 3.8) is 0 Å². The molecule has 0 aromatic heterocycles. The minimum absolute atomic E-state index is 0.406. The summed E-state index contributed by atoms with van der Waals surface area (Å²) in [6, 6.07) is 23.4. The van der Waals surface area contributed by atoms with E-state index >= 15 is 0 Å². The number of para-hydroxylation sites is 1. The highest BCUT2D eigenvalue weighted by atomic mass is 35.5. The third-order valence-electron chi connectivity index (χ3n) is 3.83. The van der Waals surface area contributed by atoms with Crippen molar-refractivity contribution < 1.29 is 9.47 Å². The highest BCUT2D eigenvalue weighted by Crippen LogP contribution is 2.23. The maximum atomic E-state index is 6.00. The largest absolute Gasteiger partial charge is 0.496 e. The van der Waals surface area contributed by atoms with Crippen molar-refractivity contribution >= 4 is 17.3 Å². The van der Waals surface area contributed by atoms with E-state index < -0.39 is 0 Å². The van der Waals surface area contributed by atoms with Crippen LogP contribution in [0, 0.1) is 0 Å². The lowest BCUT2D eigenvalue weighted by atomic mass is 10.1. The Labute approximate surface area is 158 Å². The van der Waals surface area contributed by atoms with Crippen LogP contribution < -0.4 is 20.3 Å². The van der Waals surface area contributed by atoms with Crippen LogP contribution in [0.4, 0.5) is 5.69 Å². The number of hydrogen-bond donors (Lipinski definition) is 2. The molecule has 0 aliphatic heterocycles. The highest BCUT2D eigenvalue weighted by molar-refractivity contribution is 6.30. The van der Waals surface area contributed by atoms with E-state index in [-0.39, 0.29) is 0 Å². The van der Waals surface area contributed by atoms with Gasteiger partial charge < -0.3 is 14.9 Å². The number of rotatable bonds is 8. The van der Waals surface area contributed by atoms with Gasteiger partial charge in [0.2, 0.25) is 0 Å². The van der Waals surface area contributed by atoms with E-state index in [1.54, 1.807) is 13.2 Å². The maximum Gasteiger partial charge on any atom is 0.125 e. The first-order valence-corrected chi connectivity index (χ1v) is 8.70. The summed E-state index contributed by atoms with van der Waals surface area (Å²) in [5.74, 6) is 1.53. The highest BCUT2D eigenvalue weighted by Gasteiger charge is 2.06. The number of ether oxygens (including phenoxy) is 2. The van der Waals surface area contributed by atoms with E-state index in [1.165, 1.54) is 0 Å². The lowest BCUT2D eigenvalue weighted by Gasteiger charge is -2.13. The zero-order valence-corrected chi connectivity index (χ0v) is 15.3. The molecule has 0 atom stereocenters. The Morgan fingerprint density at radius 3 is 2.54 bits per heavy atom. The van der Waals surface area contributed by atoms with E-state index in [0.29, 0.717) is 18.2 Å². The standard InChI is InChI=1S/C21H21ClN2O2/c1-25-21-11-10-16(14-23-24-19-7-3-2-4-8-19)12-17(21)15-26-20-9-5-6-18(22)13-20/h2-13,23-24H,14-15H2,1H3. The van der Waals surface area contributed by atoms with Crippen molar-refractivity contribution in [1.82, 2.24) is 5.43 Å². The average molecular weight is 369 g/mol. The van der Waals surface area contributed by atoms with Crippen molar-refractivity contribution in [3.05, 3.63) is 88.9 Å². The van der Waals surface area contributed by atoms with Crippen LogP contribution in [0.5, 0.6) is 11.5 Å². The molecule has 134 valence electrons. The van der Waals surface area contributed by atoms with Crippen LogP contribution in [0.2, 0.25) is 5.02 Å². The van der Waals surface area contributed by atoms with Crippen molar-refractivity contribution in [2.24, 2.45) is 0 Å². The van der Waals surface area contributed by atoms with Crippen molar-refractivity contribution in [1.29, 1.82) is 0 Å². The Bertz CT molecular complexity index is 840. The molecule has 0 radical (unpaired) electrons. The number of benzene rings is 3. The predicted molar refractivity (Wildman–Crippen MR) is 106 cm³/mol. The second kappa shape index (κ2) is 9.13. The summed E-state index contributed by atoms with van der Waals surface area (Å²) in [6.45, 7) is 1.08. The summed E-state index contributed by atoms with van der Waals surface area (Å²) >= 11 is 6.00. The molecule has 0 unspecified atom stereocenters. The Balaban J connectivity index is 1.62. The SMILES string of the molecule is COc1ccc(CNNc2ccccc2)cc1COc1cccc(Cl)c1. The molecule has 3 rings (SSSR count). The number of nitrogens with one attached hydrogen (secondary N) is 2. The van der Waals surface area contributed by atoms with Gasteiger partial charge in [-0.1, -0.05) is 41.9 Å². The van der Waals surface area contributed by atoms with E-state index in [1.807, 2.05) is 60.7 Å². The molecule has 0 fully saturated rings. The lowest BCUT2D eigenvalue weighted by Crippen LogP contribution is -2.20. The van der Waals surface area contributed by atoms with Gasteiger partial charge in [-0.15, -0.1) is 0 Å². The smallest absolute Gasteiger partial charge is 0.125 e. The molecule has 0 aliphatic carbocycles. The summed E-state index contributed by atoms with van der Waals surface area (Å²) in [7, 11) is 1.66. The fraction of sp³-hybridized carbons (Fsp3) is 0.143. The fourth-order valence-electron chi connectivity index (χ4n) is 2.54. The quantitative estimate of drug-likeness (QED) is 0.546. The third kappa shape index (κ3) is 5.15. The predicted octanol–water partition coefficient (Wildman–Crippen LogP) is 5.04. The molecule has 3 aromatic rings. The van der Waals surface area contributed by atoms with Crippen molar-refractivity contribution in [2.45, 2.75) is 13.2 Å². The van der Waals surface area contributed by atoms with Crippen LogP contribution in [0.25, 0.3) is 0 Å². The zero-order chi connectivity index (χ0) is 18.2. The van der Waals surface area contributed by atoms with Gasteiger partial charge in [0.25, 0.3) is 0 Å². The molecule has 0 bridgehead atoms. The molecular formula is C21H21ClN2O2. The Hall–Kier alpha value is -2.69.